The maximum absolute atomic E-state index is 12.1. The normalized spacial score (nSPS) is 13.1. The maximum Gasteiger partial charge on any atom is 0.390 e. The van der Waals surface area contributed by atoms with Gasteiger partial charge >= 0.3 is 6.18 Å². The highest BCUT2D eigenvalue weighted by Crippen LogP contribution is 2.21. The number of halogens is 3. The Bertz CT molecular complexity index is 453. The van der Waals surface area contributed by atoms with Crippen molar-refractivity contribution in [1.82, 2.24) is 10.6 Å². The van der Waals surface area contributed by atoms with Crippen LogP contribution in [0.4, 0.5) is 13.2 Å². The molecule has 0 amide bonds. The average Bonchev–Trinajstić information content (AvgIpc) is 2.42. The molecule has 0 spiro atoms. The molecule has 0 saturated carbocycles. The van der Waals surface area contributed by atoms with Gasteiger partial charge in [0, 0.05) is 25.6 Å². The van der Waals surface area contributed by atoms with Crippen molar-refractivity contribution in [3.63, 3.8) is 0 Å². The second-order valence-corrected chi connectivity index (χ2v) is 5.47. The van der Waals surface area contributed by atoms with Crippen molar-refractivity contribution in [3.05, 3.63) is 35.9 Å². The van der Waals surface area contributed by atoms with Gasteiger partial charge in [-0.2, -0.15) is 13.2 Å². The molecule has 0 radical (unpaired) electrons. The Morgan fingerprint density at radius 1 is 1.10 bits per heavy atom. The van der Waals surface area contributed by atoms with Gasteiger partial charge in [-0.3, -0.25) is 4.99 Å². The molecule has 0 saturated heterocycles. The van der Waals surface area contributed by atoms with Gasteiger partial charge in [0.25, 0.3) is 0 Å². The average molecular weight is 301 g/mol. The Labute approximate surface area is 123 Å². The summed E-state index contributed by atoms with van der Waals surface area (Å²) in [7, 11) is 1.54. The number of guanidine groups is 1. The molecule has 2 N–H and O–H groups in total. The molecule has 0 heterocycles. The number of alkyl halides is 3. The molecule has 0 atom stereocenters. The summed E-state index contributed by atoms with van der Waals surface area (Å²) in [6.45, 7) is 4.52. The van der Waals surface area contributed by atoms with Crippen molar-refractivity contribution in [2.45, 2.75) is 31.9 Å². The van der Waals surface area contributed by atoms with Crippen LogP contribution in [-0.4, -0.2) is 32.3 Å². The van der Waals surface area contributed by atoms with Crippen molar-refractivity contribution in [2.75, 3.05) is 20.1 Å². The van der Waals surface area contributed by atoms with Crippen LogP contribution >= 0.6 is 0 Å². The molecule has 0 aliphatic carbocycles. The molecule has 0 aromatic heterocycles. The summed E-state index contributed by atoms with van der Waals surface area (Å²) in [4.78, 5) is 3.93. The summed E-state index contributed by atoms with van der Waals surface area (Å²) in [6.07, 6.45) is -5.04. The van der Waals surface area contributed by atoms with Crippen LogP contribution < -0.4 is 10.6 Å². The molecule has 118 valence electrons. The summed E-state index contributed by atoms with van der Waals surface area (Å²) in [6, 6.07) is 9.94. The molecule has 0 bridgehead atoms. The van der Waals surface area contributed by atoms with Crippen molar-refractivity contribution >= 4 is 5.96 Å². The van der Waals surface area contributed by atoms with E-state index in [-0.39, 0.29) is 12.0 Å². The largest absolute Gasteiger partial charge is 0.390 e. The van der Waals surface area contributed by atoms with Crippen LogP contribution in [0.3, 0.4) is 0 Å². The van der Waals surface area contributed by atoms with Crippen LogP contribution in [0.25, 0.3) is 0 Å². The first-order valence-corrected chi connectivity index (χ1v) is 6.81. The zero-order chi connectivity index (χ0) is 15.9. The molecule has 0 aliphatic heterocycles. The number of aliphatic imine (C=N–C) groups is 1. The monoisotopic (exact) mass is 301 g/mol. The smallest absolute Gasteiger partial charge is 0.356 e. The lowest BCUT2D eigenvalue weighted by atomic mass is 9.85. The lowest BCUT2D eigenvalue weighted by Crippen LogP contribution is -2.44. The third-order valence-corrected chi connectivity index (χ3v) is 3.18. The number of rotatable bonds is 5. The molecule has 1 rings (SSSR count). The van der Waals surface area contributed by atoms with Crippen LogP contribution in [0, 0.1) is 0 Å². The minimum atomic E-state index is -4.16. The minimum Gasteiger partial charge on any atom is -0.356 e. The number of nitrogens with one attached hydrogen (secondary N) is 2. The maximum atomic E-state index is 12.1. The SMILES string of the molecule is CN=C(NCCC(F)(F)F)NCC(C)(C)c1ccccc1. The van der Waals surface area contributed by atoms with E-state index in [9.17, 15) is 13.2 Å². The Kier molecular flexibility index (Phi) is 6.05. The van der Waals surface area contributed by atoms with Gasteiger partial charge in [0.1, 0.15) is 0 Å². The number of hydrogen-bond acceptors (Lipinski definition) is 1. The van der Waals surface area contributed by atoms with Gasteiger partial charge < -0.3 is 10.6 Å². The topological polar surface area (TPSA) is 36.4 Å². The second-order valence-electron chi connectivity index (χ2n) is 5.47. The van der Waals surface area contributed by atoms with Gasteiger partial charge in [0.15, 0.2) is 5.96 Å². The summed E-state index contributed by atoms with van der Waals surface area (Å²) in [5.41, 5.74) is 1.01. The quantitative estimate of drug-likeness (QED) is 0.648. The molecule has 0 fully saturated rings. The lowest BCUT2D eigenvalue weighted by molar-refractivity contribution is -0.132. The molecular weight excluding hydrogens is 279 g/mol. The number of benzene rings is 1. The Balaban J connectivity index is 2.48. The van der Waals surface area contributed by atoms with E-state index in [0.717, 1.165) is 5.56 Å². The summed E-state index contributed by atoms with van der Waals surface area (Å²) in [5, 5.41) is 5.73. The Morgan fingerprint density at radius 2 is 1.71 bits per heavy atom. The molecule has 0 unspecified atom stereocenters. The van der Waals surface area contributed by atoms with Gasteiger partial charge in [-0.05, 0) is 5.56 Å². The highest BCUT2D eigenvalue weighted by atomic mass is 19.4. The summed E-state index contributed by atoms with van der Waals surface area (Å²) < 4.78 is 36.3. The van der Waals surface area contributed by atoms with E-state index < -0.39 is 12.6 Å². The minimum absolute atomic E-state index is 0.150. The first-order valence-electron chi connectivity index (χ1n) is 6.81. The zero-order valence-electron chi connectivity index (χ0n) is 12.6. The fourth-order valence-electron chi connectivity index (χ4n) is 1.84. The van der Waals surface area contributed by atoms with Crippen LogP contribution in [0.15, 0.2) is 35.3 Å². The van der Waals surface area contributed by atoms with Crippen molar-refractivity contribution in [1.29, 1.82) is 0 Å². The standard InChI is InChI=1S/C15H22F3N3/c1-14(2,12-7-5-4-6-8-12)11-21-13(19-3)20-10-9-15(16,17)18/h4-8H,9-11H2,1-3H3,(H2,19,20,21). The Morgan fingerprint density at radius 3 is 2.24 bits per heavy atom. The molecule has 0 aliphatic rings. The summed E-state index contributed by atoms with van der Waals surface area (Å²) in [5.74, 6) is 0.378. The van der Waals surface area contributed by atoms with Crippen LogP contribution in [0.2, 0.25) is 0 Å². The predicted octanol–water partition coefficient (Wildman–Crippen LogP) is 3.08. The fraction of sp³-hybridized carbons (Fsp3) is 0.533. The second kappa shape index (κ2) is 7.33. The van der Waals surface area contributed by atoms with E-state index in [1.807, 2.05) is 30.3 Å². The van der Waals surface area contributed by atoms with E-state index in [4.69, 9.17) is 0 Å². The highest BCUT2D eigenvalue weighted by Gasteiger charge is 2.26. The van der Waals surface area contributed by atoms with Gasteiger partial charge in [-0.1, -0.05) is 44.2 Å². The Hall–Kier alpha value is -1.72. The third kappa shape index (κ3) is 6.51. The van der Waals surface area contributed by atoms with Gasteiger partial charge in [0.2, 0.25) is 0 Å². The molecule has 3 nitrogen and oxygen atoms in total. The van der Waals surface area contributed by atoms with E-state index in [1.54, 1.807) is 7.05 Å². The van der Waals surface area contributed by atoms with Gasteiger partial charge in [-0.15, -0.1) is 0 Å². The zero-order valence-corrected chi connectivity index (χ0v) is 12.6. The van der Waals surface area contributed by atoms with Crippen molar-refractivity contribution < 1.29 is 13.2 Å². The lowest BCUT2D eigenvalue weighted by Gasteiger charge is -2.26. The summed E-state index contributed by atoms with van der Waals surface area (Å²) >= 11 is 0. The first kappa shape index (κ1) is 17.3. The predicted molar refractivity (Wildman–Crippen MR) is 79.5 cm³/mol. The molecular formula is C15H22F3N3. The fourth-order valence-corrected chi connectivity index (χ4v) is 1.84. The van der Waals surface area contributed by atoms with E-state index >= 15 is 0 Å². The van der Waals surface area contributed by atoms with Crippen LogP contribution in [0.5, 0.6) is 0 Å². The van der Waals surface area contributed by atoms with Crippen LogP contribution in [-0.2, 0) is 5.41 Å². The number of hydrogen-bond donors (Lipinski definition) is 2. The van der Waals surface area contributed by atoms with Crippen molar-refractivity contribution in [2.24, 2.45) is 4.99 Å². The van der Waals surface area contributed by atoms with Gasteiger partial charge in [0.05, 0.1) is 6.42 Å². The third-order valence-electron chi connectivity index (χ3n) is 3.18. The molecule has 21 heavy (non-hydrogen) atoms. The first-order chi connectivity index (χ1) is 9.74. The van der Waals surface area contributed by atoms with Gasteiger partial charge in [-0.25, -0.2) is 0 Å². The van der Waals surface area contributed by atoms with Crippen molar-refractivity contribution in [3.8, 4) is 0 Å². The molecule has 1 aromatic carbocycles. The van der Waals surface area contributed by atoms with Crippen LogP contribution in [0.1, 0.15) is 25.8 Å². The highest BCUT2D eigenvalue weighted by molar-refractivity contribution is 5.79. The van der Waals surface area contributed by atoms with E-state index in [1.165, 1.54) is 0 Å². The van der Waals surface area contributed by atoms with E-state index in [2.05, 4.69) is 29.5 Å². The molecule has 6 heteroatoms. The number of nitrogens with zero attached hydrogens (tertiary/aromatic N) is 1. The molecule has 1 aromatic rings. The van der Waals surface area contributed by atoms with E-state index in [0.29, 0.717) is 12.5 Å².